The van der Waals surface area contributed by atoms with E-state index in [1.165, 1.54) is 34.0 Å². The number of amides is 4. The quantitative estimate of drug-likeness (QED) is 0.0905. The summed E-state index contributed by atoms with van der Waals surface area (Å²) in [7, 11) is 5.56. The van der Waals surface area contributed by atoms with Crippen LogP contribution in [0.1, 0.15) is 126 Å². The number of carbonyl (C=O) groups excluding carboxylic acids is 4. The number of fused-ring (bicyclic) bond motifs is 2. The molecule has 3 aliphatic rings. The number of carbonyl (C=O) groups is 4. The molecule has 3 saturated heterocycles. The second-order valence-electron chi connectivity index (χ2n) is 19.1. The monoisotopic (exact) mass is 919 g/mol. The average molecular weight is 920 g/mol. The van der Waals surface area contributed by atoms with Crippen LogP contribution in [0.5, 0.6) is 0 Å². The van der Waals surface area contributed by atoms with Gasteiger partial charge >= 0.3 is 12.2 Å². The number of aromatic nitrogens is 4. The van der Waals surface area contributed by atoms with Gasteiger partial charge in [-0.15, -0.1) is 0 Å². The number of alkyl carbamates (subject to hydrolysis) is 2. The molecule has 5 aromatic rings. The zero-order valence-corrected chi connectivity index (χ0v) is 40.1. The molecule has 8 atom stereocenters. The van der Waals surface area contributed by atoms with Crippen LogP contribution in [-0.2, 0) is 34.0 Å². The van der Waals surface area contributed by atoms with Crippen molar-refractivity contribution in [1.82, 2.24) is 40.4 Å². The minimum atomic E-state index is -0.918. The maximum Gasteiger partial charge on any atom is 0.407 e. The van der Waals surface area contributed by atoms with E-state index in [0.717, 1.165) is 77.4 Å². The van der Waals surface area contributed by atoms with Crippen LogP contribution in [0.25, 0.3) is 22.1 Å². The molecule has 4 amide bonds. The lowest BCUT2D eigenvalue weighted by atomic mass is 9.87. The molecule has 0 saturated carbocycles. The van der Waals surface area contributed by atoms with Crippen LogP contribution >= 0.6 is 0 Å². The van der Waals surface area contributed by atoms with Crippen LogP contribution in [0.3, 0.4) is 0 Å². The Morgan fingerprint density at radius 2 is 1.06 bits per heavy atom. The van der Waals surface area contributed by atoms with Crippen LogP contribution < -0.4 is 15.5 Å². The first-order valence-corrected chi connectivity index (χ1v) is 23.4. The molecule has 17 heteroatoms. The van der Waals surface area contributed by atoms with Crippen molar-refractivity contribution in [3.05, 3.63) is 89.0 Å². The first kappa shape index (κ1) is 47.3. The molecular formula is C50H65N9O8. The number of nitrogens with zero attached hydrogens (tertiary/aromatic N) is 5. The summed E-state index contributed by atoms with van der Waals surface area (Å²) in [5.41, 5.74) is 8.09. The number of hydrogen-bond acceptors (Lipinski definition) is 11. The molecule has 4 N–H and O–H groups in total. The summed E-state index contributed by atoms with van der Waals surface area (Å²) in [6.45, 7) is 11.2. The van der Waals surface area contributed by atoms with Gasteiger partial charge in [-0.05, 0) is 111 Å². The second kappa shape index (κ2) is 19.6. The summed E-state index contributed by atoms with van der Waals surface area (Å²) in [6.07, 6.45) is 2.33. The van der Waals surface area contributed by atoms with Gasteiger partial charge in [0.15, 0.2) is 0 Å². The highest BCUT2D eigenvalue weighted by molar-refractivity contribution is 5.88. The number of ether oxygens (including phenoxy) is 4. The van der Waals surface area contributed by atoms with E-state index < -0.39 is 36.5 Å². The molecule has 3 fully saturated rings. The summed E-state index contributed by atoms with van der Waals surface area (Å²) >= 11 is 0. The molecule has 3 aliphatic heterocycles. The van der Waals surface area contributed by atoms with Gasteiger partial charge in [-0.3, -0.25) is 9.59 Å². The molecule has 0 bridgehead atoms. The fourth-order valence-electron chi connectivity index (χ4n) is 10.2. The van der Waals surface area contributed by atoms with Crippen molar-refractivity contribution >= 4 is 51.8 Å². The molecule has 5 heterocycles. The highest BCUT2D eigenvalue weighted by Gasteiger charge is 2.41. The number of likely N-dealkylation sites (tertiary alicyclic amines) is 2. The Balaban J connectivity index is 1.08. The molecular weight excluding hydrogens is 855 g/mol. The lowest BCUT2D eigenvalue weighted by molar-refractivity contribution is -0.138. The Hall–Kier alpha value is -6.20. The van der Waals surface area contributed by atoms with Gasteiger partial charge in [0.1, 0.15) is 23.7 Å². The van der Waals surface area contributed by atoms with Crippen LogP contribution in [0.2, 0.25) is 0 Å². The smallest absolute Gasteiger partial charge is 0.407 e. The largest absolute Gasteiger partial charge is 0.453 e. The van der Waals surface area contributed by atoms with Crippen LogP contribution in [0.15, 0.2) is 60.7 Å². The maximum absolute atomic E-state index is 14.0. The highest BCUT2D eigenvalue weighted by atomic mass is 16.5. The van der Waals surface area contributed by atoms with E-state index in [-0.39, 0.29) is 41.4 Å². The zero-order valence-electron chi connectivity index (χ0n) is 40.1. The summed E-state index contributed by atoms with van der Waals surface area (Å²) in [5.74, 6) is 0.922. The number of hydrogen-bond donors (Lipinski definition) is 4. The van der Waals surface area contributed by atoms with E-state index >= 15 is 0 Å². The Morgan fingerprint density at radius 3 is 1.45 bits per heavy atom. The van der Waals surface area contributed by atoms with Crippen molar-refractivity contribution in [2.75, 3.05) is 46.4 Å². The minimum Gasteiger partial charge on any atom is -0.453 e. The summed E-state index contributed by atoms with van der Waals surface area (Å²) < 4.78 is 20.6. The first-order valence-electron chi connectivity index (χ1n) is 23.4. The van der Waals surface area contributed by atoms with E-state index in [1.54, 1.807) is 23.6 Å². The lowest BCUT2D eigenvalue weighted by Crippen LogP contribution is -2.54. The second-order valence-corrected chi connectivity index (χ2v) is 19.1. The number of benzene rings is 3. The molecule has 358 valence electrons. The fourth-order valence-corrected chi connectivity index (χ4v) is 10.2. The number of rotatable bonds is 13. The Labute approximate surface area is 391 Å². The zero-order chi connectivity index (χ0) is 47.7. The maximum atomic E-state index is 14.0. The molecule has 67 heavy (non-hydrogen) atoms. The van der Waals surface area contributed by atoms with Gasteiger partial charge in [0.05, 0.1) is 72.7 Å². The lowest BCUT2D eigenvalue weighted by Gasteiger charge is -2.34. The molecule has 0 radical (unpaired) electrons. The average Bonchev–Trinajstić information content (AvgIpc) is 4.19. The van der Waals surface area contributed by atoms with E-state index in [9.17, 15) is 19.2 Å². The number of nitrogens with one attached hydrogen (secondary N) is 4. The van der Waals surface area contributed by atoms with Crippen LogP contribution in [-0.4, -0.2) is 120 Å². The molecule has 2 aromatic heterocycles. The van der Waals surface area contributed by atoms with Gasteiger partial charge in [0.25, 0.3) is 0 Å². The van der Waals surface area contributed by atoms with E-state index in [4.69, 9.17) is 28.9 Å². The number of anilines is 1. The SMILES string of the molecule is COC(=O)N[C@H](C(=O)N1CCC[C@H]1c1nc2ccc([C@H]3CC[C@H](c4ccc5nc([C@@H]6CCCN6C(=O)[C@@H](NC(=O)OC)[C@@H](C)OC)[nH]c5c4)N3c3ccc(C(C)(C)C)cc3)cc2[nH]1)[C@H](C)OC. The van der Waals surface area contributed by atoms with Gasteiger partial charge in [0.2, 0.25) is 11.8 Å². The van der Waals surface area contributed by atoms with Gasteiger partial charge < -0.3 is 54.2 Å². The van der Waals surface area contributed by atoms with Gasteiger partial charge in [-0.2, -0.15) is 0 Å². The Morgan fingerprint density at radius 1 is 0.627 bits per heavy atom. The third kappa shape index (κ3) is 9.53. The first-order chi connectivity index (χ1) is 32.1. The number of imidazole rings is 2. The highest BCUT2D eigenvalue weighted by Crippen LogP contribution is 2.48. The predicted octanol–water partition coefficient (Wildman–Crippen LogP) is 7.67. The van der Waals surface area contributed by atoms with Crippen molar-refractivity contribution in [3.8, 4) is 0 Å². The molecule has 0 unspecified atom stereocenters. The molecule has 8 rings (SSSR count). The normalized spacial score (nSPS) is 21.7. The molecule has 0 aliphatic carbocycles. The number of methoxy groups -OCH3 is 4. The summed E-state index contributed by atoms with van der Waals surface area (Å²) in [4.78, 5) is 75.7. The van der Waals surface area contributed by atoms with Gasteiger partial charge in [0, 0.05) is 33.0 Å². The van der Waals surface area contributed by atoms with Crippen molar-refractivity contribution < 1.29 is 38.1 Å². The molecule has 3 aromatic carbocycles. The van der Waals surface area contributed by atoms with E-state index in [1.807, 2.05) is 0 Å². The third-order valence-corrected chi connectivity index (χ3v) is 14.1. The van der Waals surface area contributed by atoms with Crippen molar-refractivity contribution in [2.24, 2.45) is 0 Å². The summed E-state index contributed by atoms with van der Waals surface area (Å²) in [6, 6.07) is 19.5. The van der Waals surface area contributed by atoms with Gasteiger partial charge in [-0.25, -0.2) is 19.6 Å². The van der Waals surface area contributed by atoms with Crippen molar-refractivity contribution in [3.63, 3.8) is 0 Å². The standard InChI is InChI=1S/C50H65N9O8/c1-28(64-6)42(55-48(62)66-8)46(60)57-24-10-12-40(57)44-51-34-20-14-30(26-36(34)53-44)38-22-23-39(59(38)33-18-16-32(17-19-33)50(3,4)5)31-15-21-35-37(27-31)54-45(52-35)41-13-11-25-58(41)47(61)43(29(2)65-7)56-49(63)67-9/h14-21,26-29,38-43H,10-13,22-25H2,1-9H3,(H,51,53)(H,52,54)(H,55,62)(H,56,63)/t28-,29+,38-,39-,40+,41+,42+,43+/m1/s1. The Bertz CT molecular complexity index is 2440. The molecule has 17 nitrogen and oxygen atoms in total. The minimum absolute atomic E-state index is 0.00428. The molecule has 0 spiro atoms. The van der Waals surface area contributed by atoms with Crippen molar-refractivity contribution in [1.29, 1.82) is 0 Å². The topological polar surface area (TPSA) is 196 Å². The number of H-pyrrole nitrogens is 2. The van der Waals surface area contributed by atoms with E-state index in [0.29, 0.717) is 24.7 Å². The van der Waals surface area contributed by atoms with E-state index in [2.05, 4.69) is 107 Å². The predicted molar refractivity (Wildman–Crippen MR) is 253 cm³/mol. The Kier molecular flexibility index (Phi) is 13.8. The van der Waals surface area contributed by atoms with Gasteiger partial charge in [-0.1, -0.05) is 45.0 Å². The third-order valence-electron chi connectivity index (χ3n) is 14.1. The summed E-state index contributed by atoms with van der Waals surface area (Å²) in [5, 5.41) is 5.33. The van der Waals surface area contributed by atoms with Crippen LogP contribution in [0, 0.1) is 0 Å². The van der Waals surface area contributed by atoms with Crippen molar-refractivity contribution in [2.45, 2.75) is 127 Å². The number of aromatic amines is 2. The fraction of sp³-hybridized carbons (Fsp3) is 0.520. The van der Waals surface area contributed by atoms with Crippen LogP contribution in [0.4, 0.5) is 15.3 Å².